The van der Waals surface area contributed by atoms with E-state index in [0.29, 0.717) is 21.9 Å². The molecule has 2 aromatic heterocycles. The summed E-state index contributed by atoms with van der Waals surface area (Å²) in [5.74, 6) is 1.37. The summed E-state index contributed by atoms with van der Waals surface area (Å²) in [6.45, 7) is 4.23. The molecule has 0 aliphatic carbocycles. The molecular weight excluding hydrogens is 462 g/mol. The van der Waals surface area contributed by atoms with Crippen LogP contribution in [0.15, 0.2) is 101 Å². The second-order valence-electron chi connectivity index (χ2n) is 7.01. The van der Waals surface area contributed by atoms with Gasteiger partial charge in [-0.25, -0.2) is 0 Å². The van der Waals surface area contributed by atoms with Crippen molar-refractivity contribution in [2.45, 2.75) is 30.5 Å². The van der Waals surface area contributed by atoms with Crippen molar-refractivity contribution in [2.24, 2.45) is 0 Å². The number of non-ortho nitro benzene ring substituents is 1. The number of pyridine rings is 1. The number of nitrogens with zero attached hydrogens (tertiary/aromatic N) is 5. The van der Waals surface area contributed by atoms with E-state index in [0.717, 1.165) is 16.3 Å². The fraction of sp³-hybridized carbons (Fsp3) is 0.115. The average molecular weight is 486 g/mol. The molecule has 5 rings (SSSR count). The highest BCUT2D eigenvalue weighted by Gasteiger charge is 2.20. The Morgan fingerprint density at radius 2 is 1.63 bits per heavy atom. The number of ether oxygens (including phenoxy) is 1. The minimum absolute atomic E-state index is 0.0175. The van der Waals surface area contributed by atoms with Gasteiger partial charge >= 0.3 is 0 Å². The Bertz CT molecular complexity index is 1430. The van der Waals surface area contributed by atoms with Crippen LogP contribution in [0.5, 0.6) is 5.75 Å². The quantitative estimate of drug-likeness (QED) is 0.192. The Hall–Kier alpha value is -4.24. The number of aromatic nitrogens is 4. The number of rotatable bonds is 7. The molecule has 0 radical (unpaired) electrons. The van der Waals surface area contributed by atoms with Crippen molar-refractivity contribution in [1.82, 2.24) is 19.7 Å². The molecule has 0 spiro atoms. The molecule has 0 atom stereocenters. The molecule has 5 aromatic rings. The maximum atomic E-state index is 11.4. The van der Waals surface area contributed by atoms with Crippen LogP contribution < -0.4 is 4.74 Å². The maximum absolute atomic E-state index is 11.4. The molecule has 8 nitrogen and oxygen atoms in total. The van der Waals surface area contributed by atoms with E-state index in [4.69, 9.17) is 4.74 Å². The van der Waals surface area contributed by atoms with Gasteiger partial charge in [-0.2, -0.15) is 0 Å². The second kappa shape index (κ2) is 11.3. The summed E-state index contributed by atoms with van der Waals surface area (Å²) in [7, 11) is 0. The van der Waals surface area contributed by atoms with Crippen molar-refractivity contribution in [3.63, 3.8) is 0 Å². The molecule has 0 fully saturated rings. The van der Waals surface area contributed by atoms with Crippen LogP contribution in [-0.2, 0) is 6.61 Å². The van der Waals surface area contributed by atoms with Crippen molar-refractivity contribution in [3.05, 3.63) is 107 Å². The lowest BCUT2D eigenvalue weighted by Crippen LogP contribution is -2.06. The van der Waals surface area contributed by atoms with E-state index < -0.39 is 4.92 Å². The minimum Gasteiger partial charge on any atom is -0.486 e. The molecule has 0 saturated heterocycles. The average Bonchev–Trinajstić information content (AvgIpc) is 3.32. The van der Waals surface area contributed by atoms with Gasteiger partial charge in [-0.05, 0) is 54.2 Å². The molecular formula is C26H23N5O3S. The monoisotopic (exact) mass is 485 g/mol. The summed E-state index contributed by atoms with van der Waals surface area (Å²) >= 11 is 1.35. The fourth-order valence-electron chi connectivity index (χ4n) is 3.43. The smallest absolute Gasteiger partial charge is 0.278 e. The molecule has 0 unspecified atom stereocenters. The molecule has 0 aliphatic heterocycles. The lowest BCUT2D eigenvalue weighted by atomic mass is 10.2. The SMILES string of the molecule is CC.O=[N+]([O-])c1ccc(Sc2nnc(COc3ccccc3)n2-c2ccccc2)c2ncccc12. The number of benzene rings is 3. The van der Waals surface area contributed by atoms with Crippen molar-refractivity contribution in [1.29, 1.82) is 0 Å². The third-order valence-electron chi connectivity index (χ3n) is 4.93. The molecule has 0 N–H and O–H groups in total. The Labute approximate surface area is 206 Å². The van der Waals surface area contributed by atoms with Gasteiger partial charge in [0.15, 0.2) is 5.82 Å². The number of hydrogen-bond donors (Lipinski definition) is 0. The molecule has 3 aromatic carbocycles. The van der Waals surface area contributed by atoms with E-state index >= 15 is 0 Å². The van der Waals surface area contributed by atoms with Gasteiger partial charge in [-0.3, -0.25) is 19.7 Å². The third-order valence-corrected chi connectivity index (χ3v) is 5.93. The first-order chi connectivity index (χ1) is 17.2. The summed E-state index contributed by atoms with van der Waals surface area (Å²) < 4.78 is 7.83. The summed E-state index contributed by atoms with van der Waals surface area (Å²) in [6.07, 6.45) is 1.62. The number of hydrogen-bond acceptors (Lipinski definition) is 7. The van der Waals surface area contributed by atoms with Crippen LogP contribution in [0.3, 0.4) is 0 Å². The normalized spacial score (nSPS) is 10.5. The topological polar surface area (TPSA) is 96.0 Å². The molecule has 0 bridgehead atoms. The first-order valence-electron chi connectivity index (χ1n) is 11.1. The lowest BCUT2D eigenvalue weighted by Gasteiger charge is -2.11. The summed E-state index contributed by atoms with van der Waals surface area (Å²) in [6, 6.07) is 25.8. The summed E-state index contributed by atoms with van der Waals surface area (Å²) in [5, 5.41) is 21.3. The van der Waals surface area contributed by atoms with Crippen LogP contribution in [-0.4, -0.2) is 24.7 Å². The van der Waals surface area contributed by atoms with E-state index in [1.807, 2.05) is 79.1 Å². The zero-order chi connectivity index (χ0) is 24.6. The van der Waals surface area contributed by atoms with Crippen molar-refractivity contribution >= 4 is 28.4 Å². The van der Waals surface area contributed by atoms with Crippen LogP contribution in [0.4, 0.5) is 5.69 Å². The van der Waals surface area contributed by atoms with E-state index in [-0.39, 0.29) is 12.3 Å². The van der Waals surface area contributed by atoms with Crippen LogP contribution >= 0.6 is 11.8 Å². The number of nitro benzene ring substituents is 1. The Balaban J connectivity index is 0.00000141. The lowest BCUT2D eigenvalue weighted by molar-refractivity contribution is -0.383. The molecule has 0 aliphatic rings. The van der Waals surface area contributed by atoms with Gasteiger partial charge in [0.25, 0.3) is 5.69 Å². The molecule has 0 amide bonds. The first-order valence-corrected chi connectivity index (χ1v) is 11.9. The maximum Gasteiger partial charge on any atom is 0.278 e. The van der Waals surface area contributed by atoms with Gasteiger partial charge in [0.1, 0.15) is 12.4 Å². The predicted octanol–water partition coefficient (Wildman–Crippen LogP) is 6.48. The standard InChI is InChI=1S/C24H17N5O3S.C2H6/c30-29(31)20-13-14-21(23-19(20)12-7-15-25-23)33-24-27-26-22(16-32-18-10-5-2-6-11-18)28(24)17-8-3-1-4-9-17;1-2/h1-15H,16H2;1-2H3. The van der Waals surface area contributed by atoms with Gasteiger partial charge in [-0.15, -0.1) is 10.2 Å². The number of fused-ring (bicyclic) bond motifs is 1. The van der Waals surface area contributed by atoms with Crippen LogP contribution in [0.2, 0.25) is 0 Å². The minimum atomic E-state index is -0.399. The number of nitro groups is 1. The predicted molar refractivity (Wildman–Crippen MR) is 136 cm³/mol. The summed E-state index contributed by atoms with van der Waals surface area (Å²) in [4.78, 5) is 16.2. The first kappa shape index (κ1) is 23.9. The molecule has 9 heteroatoms. The van der Waals surface area contributed by atoms with E-state index in [9.17, 15) is 10.1 Å². The molecule has 176 valence electrons. The van der Waals surface area contributed by atoms with Gasteiger partial charge < -0.3 is 4.74 Å². The third kappa shape index (κ3) is 5.30. The van der Waals surface area contributed by atoms with Gasteiger partial charge in [0.2, 0.25) is 5.16 Å². The van der Waals surface area contributed by atoms with Crippen LogP contribution in [0, 0.1) is 10.1 Å². The van der Waals surface area contributed by atoms with Gasteiger partial charge in [-0.1, -0.05) is 50.2 Å². The van der Waals surface area contributed by atoms with E-state index in [1.165, 1.54) is 17.8 Å². The van der Waals surface area contributed by atoms with Crippen molar-refractivity contribution in [2.75, 3.05) is 0 Å². The Morgan fingerprint density at radius 1 is 0.914 bits per heavy atom. The van der Waals surface area contributed by atoms with Crippen molar-refractivity contribution < 1.29 is 9.66 Å². The summed E-state index contributed by atoms with van der Waals surface area (Å²) in [5.41, 5.74) is 1.45. The Morgan fingerprint density at radius 3 is 2.34 bits per heavy atom. The highest BCUT2D eigenvalue weighted by Crippen LogP contribution is 2.36. The van der Waals surface area contributed by atoms with E-state index in [2.05, 4.69) is 15.2 Å². The number of para-hydroxylation sites is 2. The highest BCUT2D eigenvalue weighted by atomic mass is 32.2. The molecule has 35 heavy (non-hydrogen) atoms. The van der Waals surface area contributed by atoms with Gasteiger partial charge in [0, 0.05) is 22.8 Å². The molecule has 0 saturated carbocycles. The van der Waals surface area contributed by atoms with E-state index in [1.54, 1.807) is 24.4 Å². The highest BCUT2D eigenvalue weighted by molar-refractivity contribution is 7.99. The molecule has 2 heterocycles. The Kier molecular flexibility index (Phi) is 7.69. The zero-order valence-corrected chi connectivity index (χ0v) is 20.1. The fourth-order valence-corrected chi connectivity index (χ4v) is 4.41. The van der Waals surface area contributed by atoms with Crippen molar-refractivity contribution in [3.8, 4) is 11.4 Å². The largest absolute Gasteiger partial charge is 0.486 e. The van der Waals surface area contributed by atoms with Crippen LogP contribution in [0.1, 0.15) is 19.7 Å². The second-order valence-corrected chi connectivity index (χ2v) is 8.02. The zero-order valence-electron chi connectivity index (χ0n) is 19.2. The van der Waals surface area contributed by atoms with Gasteiger partial charge in [0.05, 0.1) is 15.8 Å². The van der Waals surface area contributed by atoms with Crippen LogP contribution in [0.25, 0.3) is 16.6 Å².